The van der Waals surface area contributed by atoms with Gasteiger partial charge in [-0.15, -0.1) is 0 Å². The molecule has 2 atom stereocenters. The number of hydrogen-bond acceptors (Lipinski definition) is 2. The molecule has 2 unspecified atom stereocenters. The summed E-state index contributed by atoms with van der Waals surface area (Å²) in [5, 5.41) is 3.22. The zero-order chi connectivity index (χ0) is 22.5. The molecule has 4 rings (SSSR count). The van der Waals surface area contributed by atoms with Crippen LogP contribution < -0.4 is 5.32 Å². The number of fused-ring (bicyclic) bond motifs is 1. The lowest BCUT2D eigenvalue weighted by Crippen LogP contribution is -2.34. The fourth-order valence-corrected chi connectivity index (χ4v) is 4.33. The number of amides is 1. The van der Waals surface area contributed by atoms with E-state index >= 15 is 0 Å². The van der Waals surface area contributed by atoms with Gasteiger partial charge in [-0.3, -0.25) is 4.79 Å². The number of aryl methyl sites for hydroxylation is 3. The number of benzene rings is 2. The molecule has 0 fully saturated rings. The van der Waals surface area contributed by atoms with Crippen LogP contribution in [0.4, 0.5) is 0 Å². The highest BCUT2D eigenvalue weighted by Gasteiger charge is 2.23. The minimum absolute atomic E-state index is 0.0600. The summed E-state index contributed by atoms with van der Waals surface area (Å²) in [4.78, 5) is 17.7. The van der Waals surface area contributed by atoms with Crippen LogP contribution in [-0.2, 0) is 11.2 Å². The van der Waals surface area contributed by atoms with Gasteiger partial charge in [0.2, 0.25) is 5.91 Å². The van der Waals surface area contributed by atoms with Crippen molar-refractivity contribution in [1.29, 1.82) is 0 Å². The Kier molecular flexibility index (Phi) is 6.69. The molecule has 1 amide bonds. The van der Waals surface area contributed by atoms with E-state index in [1.54, 1.807) is 0 Å². The fraction of sp³-hybridized carbons (Fsp3) is 0.286. The van der Waals surface area contributed by atoms with Crippen LogP contribution in [0, 0.1) is 13.8 Å². The predicted octanol–water partition coefficient (Wildman–Crippen LogP) is 5.61. The largest absolute Gasteiger partial charge is 0.354 e. The van der Waals surface area contributed by atoms with Crippen LogP contribution in [0.15, 0.2) is 79.1 Å². The Balaban J connectivity index is 1.53. The molecule has 0 bridgehead atoms. The molecule has 0 radical (unpaired) electrons. The van der Waals surface area contributed by atoms with E-state index in [0.717, 1.165) is 24.2 Å². The molecular weight excluding hydrogens is 394 g/mol. The van der Waals surface area contributed by atoms with Crippen molar-refractivity contribution in [2.45, 2.75) is 52.0 Å². The molecule has 0 spiro atoms. The number of rotatable bonds is 8. The lowest BCUT2D eigenvalue weighted by Gasteiger charge is -2.21. The zero-order valence-electron chi connectivity index (χ0n) is 19.1. The summed E-state index contributed by atoms with van der Waals surface area (Å²) in [6.45, 7) is 6.26. The Labute approximate surface area is 190 Å². The van der Waals surface area contributed by atoms with E-state index in [2.05, 4.69) is 90.2 Å². The van der Waals surface area contributed by atoms with Gasteiger partial charge in [0.25, 0.3) is 0 Å². The summed E-state index contributed by atoms with van der Waals surface area (Å²) in [5.41, 5.74) is 6.78. The van der Waals surface area contributed by atoms with Gasteiger partial charge in [-0.1, -0.05) is 54.6 Å². The van der Waals surface area contributed by atoms with Gasteiger partial charge < -0.3 is 9.72 Å². The number of aromatic nitrogens is 2. The third-order valence-corrected chi connectivity index (χ3v) is 6.12. The molecule has 2 heterocycles. The summed E-state index contributed by atoms with van der Waals surface area (Å²) in [6.07, 6.45) is 6.23. The van der Waals surface area contributed by atoms with Crippen LogP contribution in [0.5, 0.6) is 0 Å². The maximum Gasteiger partial charge on any atom is 0.221 e. The first-order valence-corrected chi connectivity index (χ1v) is 11.3. The van der Waals surface area contributed by atoms with Gasteiger partial charge >= 0.3 is 0 Å². The third kappa shape index (κ3) is 5.08. The molecule has 4 aromatic rings. The van der Waals surface area contributed by atoms with Crippen molar-refractivity contribution in [2.75, 3.05) is 0 Å². The molecule has 0 aliphatic rings. The summed E-state index contributed by atoms with van der Waals surface area (Å²) < 4.78 is 2.11. The van der Waals surface area contributed by atoms with Crippen molar-refractivity contribution in [3.63, 3.8) is 0 Å². The van der Waals surface area contributed by atoms with Crippen LogP contribution in [0.1, 0.15) is 53.6 Å². The van der Waals surface area contributed by atoms with E-state index in [0.29, 0.717) is 6.42 Å². The molecule has 4 nitrogen and oxygen atoms in total. The average molecular weight is 426 g/mol. The summed E-state index contributed by atoms with van der Waals surface area (Å²) in [6, 6.07) is 23.0. The van der Waals surface area contributed by atoms with E-state index < -0.39 is 0 Å². The van der Waals surface area contributed by atoms with E-state index in [9.17, 15) is 4.79 Å². The molecule has 0 aliphatic carbocycles. The molecule has 164 valence electrons. The molecule has 32 heavy (non-hydrogen) atoms. The van der Waals surface area contributed by atoms with Gasteiger partial charge in [-0.25, -0.2) is 4.98 Å². The number of carbonyl (C=O) groups excluding carboxylic acids is 1. The molecule has 1 N–H and O–H groups in total. The second-order valence-electron chi connectivity index (χ2n) is 8.72. The second kappa shape index (κ2) is 9.82. The quantitative estimate of drug-likeness (QED) is 0.399. The summed E-state index contributed by atoms with van der Waals surface area (Å²) in [5.74, 6) is 0.0103. The van der Waals surface area contributed by atoms with Crippen molar-refractivity contribution in [3.8, 4) is 0 Å². The van der Waals surface area contributed by atoms with Gasteiger partial charge in [0, 0.05) is 30.8 Å². The standard InChI is InChI=1S/C28H31N3O/c1-20-15-16-31-26(19-29-27(31)17-20)25(24-12-8-7-9-21(24)2)18-28(32)30-22(3)13-14-23-10-5-4-6-11-23/h4-12,15-17,19,22,25H,13-14,18H2,1-3H3,(H,30,32). The van der Waals surface area contributed by atoms with Crippen LogP contribution in [0.3, 0.4) is 0 Å². The van der Waals surface area contributed by atoms with E-state index in [1.807, 2.05) is 24.4 Å². The molecule has 2 aromatic heterocycles. The number of nitrogens with zero attached hydrogens (tertiary/aromatic N) is 2. The number of pyridine rings is 1. The predicted molar refractivity (Wildman–Crippen MR) is 130 cm³/mol. The van der Waals surface area contributed by atoms with Crippen LogP contribution in [0.2, 0.25) is 0 Å². The maximum atomic E-state index is 13.1. The van der Waals surface area contributed by atoms with E-state index in [1.165, 1.54) is 22.3 Å². The monoisotopic (exact) mass is 425 g/mol. The Hall–Kier alpha value is -3.40. The minimum atomic E-state index is -0.0600. The lowest BCUT2D eigenvalue weighted by molar-refractivity contribution is -0.121. The number of imidazole rings is 1. The Bertz CT molecular complexity index is 1200. The zero-order valence-corrected chi connectivity index (χ0v) is 19.1. The van der Waals surface area contributed by atoms with Gasteiger partial charge in [0.15, 0.2) is 0 Å². The normalized spacial score (nSPS) is 13.1. The number of carbonyl (C=O) groups is 1. The second-order valence-corrected chi connectivity index (χ2v) is 8.72. The lowest BCUT2D eigenvalue weighted by atomic mass is 9.89. The van der Waals surface area contributed by atoms with E-state index in [4.69, 9.17) is 0 Å². The minimum Gasteiger partial charge on any atom is -0.354 e. The van der Waals surface area contributed by atoms with Gasteiger partial charge in [0.05, 0.1) is 5.69 Å². The van der Waals surface area contributed by atoms with Gasteiger partial charge in [-0.05, 0) is 68.0 Å². The van der Waals surface area contributed by atoms with Crippen molar-refractivity contribution in [2.24, 2.45) is 0 Å². The van der Waals surface area contributed by atoms with Gasteiger partial charge in [0.1, 0.15) is 5.65 Å². The SMILES string of the molecule is Cc1ccn2c(C(CC(=O)NC(C)CCc3ccccc3)c3ccccc3C)cnc2c1. The Morgan fingerprint density at radius 1 is 1.03 bits per heavy atom. The van der Waals surface area contributed by atoms with Crippen LogP contribution >= 0.6 is 0 Å². The van der Waals surface area contributed by atoms with Crippen molar-refractivity contribution >= 4 is 11.6 Å². The maximum absolute atomic E-state index is 13.1. The first-order valence-electron chi connectivity index (χ1n) is 11.3. The average Bonchev–Trinajstić information content (AvgIpc) is 3.20. The molecule has 2 aromatic carbocycles. The molecular formula is C28H31N3O. The van der Waals surface area contributed by atoms with E-state index in [-0.39, 0.29) is 17.9 Å². The van der Waals surface area contributed by atoms with Crippen LogP contribution in [-0.4, -0.2) is 21.3 Å². The molecule has 0 saturated heterocycles. The highest BCUT2D eigenvalue weighted by Crippen LogP contribution is 2.31. The van der Waals surface area contributed by atoms with Crippen molar-refractivity contribution in [1.82, 2.24) is 14.7 Å². The third-order valence-electron chi connectivity index (χ3n) is 6.12. The topological polar surface area (TPSA) is 46.4 Å². The van der Waals surface area contributed by atoms with Crippen molar-refractivity contribution < 1.29 is 4.79 Å². The smallest absolute Gasteiger partial charge is 0.221 e. The number of hydrogen-bond donors (Lipinski definition) is 1. The first-order chi connectivity index (χ1) is 15.5. The Morgan fingerprint density at radius 3 is 2.56 bits per heavy atom. The molecule has 4 heteroatoms. The highest BCUT2D eigenvalue weighted by atomic mass is 16.1. The first kappa shape index (κ1) is 21.8. The molecule has 0 aliphatic heterocycles. The highest BCUT2D eigenvalue weighted by molar-refractivity contribution is 5.78. The number of nitrogens with one attached hydrogen (secondary N) is 1. The summed E-state index contributed by atoms with van der Waals surface area (Å²) in [7, 11) is 0. The van der Waals surface area contributed by atoms with Gasteiger partial charge in [-0.2, -0.15) is 0 Å². The Morgan fingerprint density at radius 2 is 1.78 bits per heavy atom. The molecule has 0 saturated carbocycles. The fourth-order valence-electron chi connectivity index (χ4n) is 4.33. The van der Waals surface area contributed by atoms with Crippen LogP contribution in [0.25, 0.3) is 5.65 Å². The summed E-state index contributed by atoms with van der Waals surface area (Å²) >= 11 is 0. The van der Waals surface area contributed by atoms with Crippen molar-refractivity contribution in [3.05, 3.63) is 107 Å².